The van der Waals surface area contributed by atoms with Crippen LogP contribution in [0.4, 0.5) is 5.82 Å². The number of benzene rings is 2. The van der Waals surface area contributed by atoms with E-state index in [1.165, 1.54) is 0 Å². The molecule has 0 saturated carbocycles. The Morgan fingerprint density at radius 1 is 1.03 bits per heavy atom. The van der Waals surface area contributed by atoms with E-state index in [1.807, 2.05) is 24.3 Å². The Hall–Kier alpha value is -2.91. The number of nitrogens with one attached hydrogen (secondary N) is 1. The number of hydrogen-bond acceptors (Lipinski definition) is 5. The lowest BCUT2D eigenvalue weighted by Crippen LogP contribution is -2.29. The molecule has 0 aliphatic heterocycles. The standard InChI is InChI=1S/C24H30BN5O2S/c1-2-3-14-21-29-22-23(17-10-4-6-12-19(17)28-24(22)26)30(21)16-9-8-15-27-33(31,32)20-13-7-5-11-18(20)25/h4-7,10-13,27H,2-3,8-9,14-16,25H2,1H3,(H2,26,28). The van der Waals surface area contributed by atoms with E-state index in [2.05, 4.69) is 27.3 Å². The maximum Gasteiger partial charge on any atom is 0.239 e. The first-order valence-electron chi connectivity index (χ1n) is 11.5. The summed E-state index contributed by atoms with van der Waals surface area (Å²) in [6.07, 6.45) is 4.54. The second-order valence-corrected chi connectivity index (χ2v) is 10.1. The summed E-state index contributed by atoms with van der Waals surface area (Å²) in [5, 5.41) is 1.04. The number of hydrogen-bond donors (Lipinski definition) is 2. The molecule has 0 fully saturated rings. The number of aromatic nitrogens is 3. The summed E-state index contributed by atoms with van der Waals surface area (Å²) < 4.78 is 30.2. The Bertz CT molecular complexity index is 1380. The van der Waals surface area contributed by atoms with Crippen LogP contribution in [0.3, 0.4) is 0 Å². The number of rotatable bonds is 10. The lowest BCUT2D eigenvalue weighted by atomic mass is 9.97. The molecule has 7 nitrogen and oxygen atoms in total. The van der Waals surface area contributed by atoms with Crippen LogP contribution in [0, 0.1) is 0 Å². The molecule has 2 heterocycles. The average Bonchev–Trinajstić information content (AvgIpc) is 3.17. The van der Waals surface area contributed by atoms with Gasteiger partial charge in [0, 0.05) is 24.9 Å². The van der Waals surface area contributed by atoms with Crippen LogP contribution in [-0.2, 0) is 23.0 Å². The van der Waals surface area contributed by atoms with Gasteiger partial charge in [0.15, 0.2) is 5.82 Å². The molecule has 0 bridgehead atoms. The molecule has 0 saturated heterocycles. The number of sulfonamides is 1. The van der Waals surface area contributed by atoms with Gasteiger partial charge in [-0.05, 0) is 31.4 Å². The van der Waals surface area contributed by atoms with Crippen molar-refractivity contribution < 1.29 is 8.42 Å². The normalized spacial score (nSPS) is 12.0. The first kappa shape index (κ1) is 23.3. The number of nitrogen functional groups attached to an aromatic ring is 1. The molecule has 33 heavy (non-hydrogen) atoms. The van der Waals surface area contributed by atoms with Gasteiger partial charge in [-0.2, -0.15) is 0 Å². The number of fused-ring (bicyclic) bond motifs is 3. The number of unbranched alkanes of at least 4 members (excludes halogenated alkanes) is 2. The van der Waals surface area contributed by atoms with Crippen LogP contribution in [0.25, 0.3) is 21.9 Å². The predicted molar refractivity (Wildman–Crippen MR) is 137 cm³/mol. The second kappa shape index (κ2) is 9.93. The van der Waals surface area contributed by atoms with E-state index in [4.69, 9.17) is 10.7 Å². The maximum absolute atomic E-state index is 12.6. The molecule has 172 valence electrons. The molecule has 0 aliphatic rings. The molecule has 2 aromatic carbocycles. The quantitative estimate of drug-likeness (QED) is 0.278. The average molecular weight is 463 g/mol. The molecule has 0 amide bonds. The van der Waals surface area contributed by atoms with Crippen LogP contribution in [-0.4, -0.2) is 37.3 Å². The minimum atomic E-state index is -3.51. The first-order chi connectivity index (χ1) is 15.9. The van der Waals surface area contributed by atoms with Gasteiger partial charge < -0.3 is 10.3 Å². The van der Waals surface area contributed by atoms with Crippen molar-refractivity contribution in [2.45, 2.75) is 50.5 Å². The zero-order valence-corrected chi connectivity index (χ0v) is 20.0. The first-order valence-corrected chi connectivity index (χ1v) is 13.0. The zero-order chi connectivity index (χ0) is 23.4. The summed E-state index contributed by atoms with van der Waals surface area (Å²) in [6, 6.07) is 15.0. The van der Waals surface area contributed by atoms with E-state index >= 15 is 0 Å². The van der Waals surface area contributed by atoms with Crippen molar-refractivity contribution in [3.8, 4) is 0 Å². The zero-order valence-electron chi connectivity index (χ0n) is 19.2. The predicted octanol–water partition coefficient (Wildman–Crippen LogP) is 2.53. The van der Waals surface area contributed by atoms with Crippen LogP contribution >= 0.6 is 0 Å². The van der Waals surface area contributed by atoms with Crippen molar-refractivity contribution in [1.82, 2.24) is 19.3 Å². The van der Waals surface area contributed by atoms with Crippen LogP contribution in [0.1, 0.15) is 38.4 Å². The number of pyridine rings is 1. The largest absolute Gasteiger partial charge is 0.382 e. The molecule has 3 N–H and O–H groups in total. The summed E-state index contributed by atoms with van der Waals surface area (Å²) in [6.45, 7) is 3.30. The molecular formula is C24H30BN5O2S. The highest BCUT2D eigenvalue weighted by molar-refractivity contribution is 7.89. The molecule has 2 aromatic heterocycles. The fourth-order valence-electron chi connectivity index (χ4n) is 4.21. The van der Waals surface area contributed by atoms with Crippen molar-refractivity contribution in [1.29, 1.82) is 0 Å². The van der Waals surface area contributed by atoms with Gasteiger partial charge in [-0.3, -0.25) is 0 Å². The molecule has 0 unspecified atom stereocenters. The Labute approximate surface area is 195 Å². The lowest BCUT2D eigenvalue weighted by molar-refractivity contribution is 0.562. The third-order valence-corrected chi connectivity index (χ3v) is 7.55. The van der Waals surface area contributed by atoms with Crippen molar-refractivity contribution in [3.05, 3.63) is 54.4 Å². The number of nitrogens with two attached hydrogens (primary N) is 1. The van der Waals surface area contributed by atoms with Crippen LogP contribution < -0.4 is 15.9 Å². The molecule has 0 atom stereocenters. The van der Waals surface area contributed by atoms with E-state index in [1.54, 1.807) is 26.0 Å². The van der Waals surface area contributed by atoms with Gasteiger partial charge in [0.2, 0.25) is 10.0 Å². The maximum atomic E-state index is 12.6. The van der Waals surface area contributed by atoms with E-state index < -0.39 is 10.0 Å². The van der Waals surface area contributed by atoms with Crippen molar-refractivity contribution in [3.63, 3.8) is 0 Å². The Morgan fingerprint density at radius 2 is 1.79 bits per heavy atom. The Morgan fingerprint density at radius 3 is 2.58 bits per heavy atom. The highest BCUT2D eigenvalue weighted by Gasteiger charge is 2.18. The van der Waals surface area contributed by atoms with Crippen molar-refractivity contribution >= 4 is 51.1 Å². The highest BCUT2D eigenvalue weighted by atomic mass is 32.2. The number of anilines is 1. The number of aryl methyl sites for hydroxylation is 2. The third-order valence-electron chi connectivity index (χ3n) is 5.93. The number of nitrogens with zero attached hydrogens (tertiary/aromatic N) is 3. The molecule has 4 aromatic rings. The van der Waals surface area contributed by atoms with E-state index in [0.29, 0.717) is 17.3 Å². The molecule has 0 aliphatic carbocycles. The molecule has 0 spiro atoms. The molecule has 0 radical (unpaired) electrons. The third kappa shape index (κ3) is 4.89. The van der Waals surface area contributed by atoms with E-state index in [-0.39, 0.29) is 0 Å². The Kier molecular flexibility index (Phi) is 7.00. The monoisotopic (exact) mass is 463 g/mol. The SMILES string of the molecule is Bc1ccccc1S(=O)(=O)NCCCCn1c(CCCC)nc2c(N)nc3ccccc3c21. The molecular weight excluding hydrogens is 433 g/mol. The van der Waals surface area contributed by atoms with Gasteiger partial charge in [-0.1, -0.05) is 55.2 Å². The summed E-state index contributed by atoms with van der Waals surface area (Å²) in [5.41, 5.74) is 9.63. The number of para-hydroxylation sites is 1. The molecule has 9 heteroatoms. The second-order valence-electron chi connectivity index (χ2n) is 8.37. The fourth-order valence-corrected chi connectivity index (χ4v) is 5.53. The van der Waals surface area contributed by atoms with Crippen LogP contribution in [0.2, 0.25) is 0 Å². The number of imidazole rings is 1. The summed E-state index contributed by atoms with van der Waals surface area (Å²) in [5.74, 6) is 1.46. The van der Waals surface area contributed by atoms with Crippen LogP contribution in [0.5, 0.6) is 0 Å². The van der Waals surface area contributed by atoms with Crippen LogP contribution in [0.15, 0.2) is 53.4 Å². The Balaban J connectivity index is 1.52. The minimum Gasteiger partial charge on any atom is -0.382 e. The topological polar surface area (TPSA) is 103 Å². The summed E-state index contributed by atoms with van der Waals surface area (Å²) >= 11 is 0. The fraction of sp³-hybridized carbons (Fsp3) is 0.333. The van der Waals surface area contributed by atoms with Gasteiger partial charge in [0.05, 0.1) is 15.9 Å². The lowest BCUT2D eigenvalue weighted by Gasteiger charge is -2.12. The van der Waals surface area contributed by atoms with Gasteiger partial charge >= 0.3 is 0 Å². The van der Waals surface area contributed by atoms with Crippen molar-refractivity contribution in [2.24, 2.45) is 0 Å². The van der Waals surface area contributed by atoms with Crippen molar-refractivity contribution in [2.75, 3.05) is 12.3 Å². The molecule has 4 rings (SSSR count). The van der Waals surface area contributed by atoms with Gasteiger partial charge in [-0.25, -0.2) is 23.1 Å². The smallest absolute Gasteiger partial charge is 0.239 e. The van der Waals surface area contributed by atoms with Gasteiger partial charge in [0.1, 0.15) is 19.2 Å². The summed E-state index contributed by atoms with van der Waals surface area (Å²) in [4.78, 5) is 9.72. The van der Waals surface area contributed by atoms with E-state index in [0.717, 1.165) is 71.9 Å². The van der Waals surface area contributed by atoms with E-state index in [9.17, 15) is 8.42 Å². The highest BCUT2D eigenvalue weighted by Crippen LogP contribution is 2.29. The van der Waals surface area contributed by atoms with Gasteiger partial charge in [-0.15, -0.1) is 0 Å². The van der Waals surface area contributed by atoms with Gasteiger partial charge in [0.25, 0.3) is 0 Å². The summed E-state index contributed by atoms with van der Waals surface area (Å²) in [7, 11) is -1.70. The minimum absolute atomic E-state index is 0.335.